The zero-order valence-corrected chi connectivity index (χ0v) is 7.07. The van der Waals surface area contributed by atoms with Gasteiger partial charge in [0.05, 0.1) is 19.2 Å². The van der Waals surface area contributed by atoms with Gasteiger partial charge < -0.3 is 14.4 Å². The maximum atomic E-state index is 10.4. The van der Waals surface area contributed by atoms with Crippen molar-refractivity contribution in [2.75, 3.05) is 7.11 Å². The first kappa shape index (κ1) is 8.64. The first-order valence-corrected chi connectivity index (χ1v) is 3.55. The molecule has 0 radical (unpaired) electrons. The Bertz CT molecular complexity index is 290. The molecule has 1 aromatic heterocycles. The number of hydrogen-bond donors (Lipinski definition) is 1. The van der Waals surface area contributed by atoms with Crippen LogP contribution in [0.1, 0.15) is 5.69 Å². The molecule has 0 aliphatic rings. The van der Waals surface area contributed by atoms with Crippen LogP contribution in [0.3, 0.4) is 0 Å². The Morgan fingerprint density at radius 2 is 2.42 bits per heavy atom. The molecule has 0 saturated heterocycles. The quantitative estimate of drug-likeness (QED) is 0.723. The Hall–Kier alpha value is -1.45. The second kappa shape index (κ2) is 3.30. The number of methoxy groups -OCH3 is 1. The topological polar surface area (TPSA) is 51.5 Å². The summed E-state index contributed by atoms with van der Waals surface area (Å²) in [7, 11) is 3.32. The van der Waals surface area contributed by atoms with Crippen molar-refractivity contribution in [3.05, 3.63) is 18.0 Å². The lowest BCUT2D eigenvalue weighted by atomic mass is 10.3. The van der Waals surface area contributed by atoms with E-state index in [-0.39, 0.29) is 6.42 Å². The summed E-state index contributed by atoms with van der Waals surface area (Å²) in [6, 6.07) is 1.75. The summed E-state index contributed by atoms with van der Waals surface area (Å²) in [5.74, 6) is -0.227. The Kier molecular flexibility index (Phi) is 2.38. The van der Waals surface area contributed by atoms with Crippen molar-refractivity contribution < 1.29 is 14.6 Å². The van der Waals surface area contributed by atoms with E-state index in [4.69, 9.17) is 9.84 Å². The second-order valence-electron chi connectivity index (χ2n) is 2.51. The van der Waals surface area contributed by atoms with E-state index in [0.29, 0.717) is 11.4 Å². The highest BCUT2D eigenvalue weighted by atomic mass is 16.5. The molecule has 4 heteroatoms. The van der Waals surface area contributed by atoms with Crippen molar-refractivity contribution in [2.45, 2.75) is 6.42 Å². The van der Waals surface area contributed by atoms with Crippen LogP contribution in [0.25, 0.3) is 0 Å². The van der Waals surface area contributed by atoms with E-state index in [1.165, 1.54) is 7.11 Å². The minimum Gasteiger partial charge on any atom is -0.495 e. The maximum absolute atomic E-state index is 10.4. The summed E-state index contributed by atoms with van der Waals surface area (Å²) in [5.41, 5.74) is 0.685. The molecular weight excluding hydrogens is 158 g/mol. The fourth-order valence-electron chi connectivity index (χ4n) is 1.08. The predicted octanol–water partition coefficient (Wildman–Crippen LogP) is 0.661. The van der Waals surface area contributed by atoms with Crippen molar-refractivity contribution in [3.63, 3.8) is 0 Å². The molecule has 0 bridgehead atoms. The number of ether oxygens (including phenoxy) is 1. The standard InChI is InChI=1S/C8H11NO3/c1-9-4-3-7(12-2)6(9)5-8(10)11/h3-4H,5H2,1-2H3,(H,10,11). The predicted molar refractivity (Wildman–Crippen MR) is 43.3 cm³/mol. The molecule has 0 aliphatic carbocycles. The van der Waals surface area contributed by atoms with Crippen molar-refractivity contribution in [1.82, 2.24) is 4.57 Å². The molecule has 0 fully saturated rings. The summed E-state index contributed by atoms with van der Waals surface area (Å²) >= 11 is 0. The van der Waals surface area contributed by atoms with Crippen LogP contribution in [0.5, 0.6) is 5.75 Å². The molecule has 0 unspecified atom stereocenters. The molecule has 12 heavy (non-hydrogen) atoms. The highest BCUT2D eigenvalue weighted by Crippen LogP contribution is 2.18. The Morgan fingerprint density at radius 3 is 2.92 bits per heavy atom. The number of hydrogen-bond acceptors (Lipinski definition) is 2. The Morgan fingerprint density at radius 1 is 1.75 bits per heavy atom. The van der Waals surface area contributed by atoms with Crippen molar-refractivity contribution in [2.24, 2.45) is 7.05 Å². The monoisotopic (exact) mass is 169 g/mol. The van der Waals surface area contributed by atoms with Crippen LogP contribution < -0.4 is 4.74 Å². The largest absolute Gasteiger partial charge is 0.495 e. The van der Waals surface area contributed by atoms with Gasteiger partial charge in [-0.1, -0.05) is 0 Å². The van der Waals surface area contributed by atoms with Crippen LogP contribution in [0.2, 0.25) is 0 Å². The van der Waals surface area contributed by atoms with Gasteiger partial charge in [0.1, 0.15) is 5.75 Å². The lowest BCUT2D eigenvalue weighted by Crippen LogP contribution is -2.05. The van der Waals surface area contributed by atoms with E-state index in [2.05, 4.69) is 0 Å². The van der Waals surface area contributed by atoms with Gasteiger partial charge in [-0.3, -0.25) is 4.79 Å². The van der Waals surface area contributed by atoms with Gasteiger partial charge in [0.15, 0.2) is 0 Å². The van der Waals surface area contributed by atoms with Crippen molar-refractivity contribution >= 4 is 5.97 Å². The SMILES string of the molecule is COc1ccn(C)c1CC(=O)O. The third-order valence-electron chi connectivity index (χ3n) is 1.70. The molecule has 0 atom stereocenters. The molecule has 4 nitrogen and oxygen atoms in total. The minimum atomic E-state index is -0.852. The number of aliphatic carboxylic acids is 1. The summed E-state index contributed by atoms with van der Waals surface area (Å²) < 4.78 is 6.73. The molecule has 1 heterocycles. The van der Waals surface area contributed by atoms with E-state index in [9.17, 15) is 4.79 Å². The normalized spacial score (nSPS) is 9.83. The zero-order chi connectivity index (χ0) is 9.14. The third kappa shape index (κ3) is 1.58. The first-order valence-electron chi connectivity index (χ1n) is 3.55. The molecule has 1 aromatic rings. The lowest BCUT2D eigenvalue weighted by molar-refractivity contribution is -0.136. The van der Waals surface area contributed by atoms with Gasteiger partial charge in [0.25, 0.3) is 0 Å². The average Bonchev–Trinajstić information content (AvgIpc) is 2.32. The molecule has 1 N–H and O–H groups in total. The van der Waals surface area contributed by atoms with Crippen LogP contribution in [-0.4, -0.2) is 22.8 Å². The van der Waals surface area contributed by atoms with Crippen molar-refractivity contribution in [3.8, 4) is 5.75 Å². The number of carboxylic acid groups (broad SMARTS) is 1. The molecule has 0 amide bonds. The van der Waals surface area contributed by atoms with Crippen LogP contribution >= 0.6 is 0 Å². The molecule has 1 rings (SSSR count). The highest BCUT2D eigenvalue weighted by Gasteiger charge is 2.10. The second-order valence-corrected chi connectivity index (χ2v) is 2.51. The fraction of sp³-hybridized carbons (Fsp3) is 0.375. The highest BCUT2D eigenvalue weighted by molar-refractivity contribution is 5.70. The van der Waals surface area contributed by atoms with Crippen LogP contribution in [0, 0.1) is 0 Å². The zero-order valence-electron chi connectivity index (χ0n) is 7.07. The van der Waals surface area contributed by atoms with Gasteiger partial charge in [-0.2, -0.15) is 0 Å². The number of carbonyl (C=O) groups is 1. The number of carboxylic acids is 1. The number of aromatic nitrogens is 1. The van der Waals surface area contributed by atoms with Gasteiger partial charge >= 0.3 is 5.97 Å². The van der Waals surface area contributed by atoms with E-state index < -0.39 is 5.97 Å². The van der Waals surface area contributed by atoms with E-state index in [1.54, 1.807) is 23.9 Å². The molecule has 0 aromatic carbocycles. The van der Waals surface area contributed by atoms with E-state index >= 15 is 0 Å². The Labute approximate surface area is 70.4 Å². The van der Waals surface area contributed by atoms with E-state index in [1.807, 2.05) is 0 Å². The number of aryl methyl sites for hydroxylation is 1. The van der Waals surface area contributed by atoms with Gasteiger partial charge in [-0.15, -0.1) is 0 Å². The fourth-order valence-corrected chi connectivity index (χ4v) is 1.08. The van der Waals surface area contributed by atoms with Gasteiger partial charge in [0.2, 0.25) is 0 Å². The van der Waals surface area contributed by atoms with Gasteiger partial charge in [-0.05, 0) is 6.07 Å². The lowest BCUT2D eigenvalue weighted by Gasteiger charge is -2.02. The first-order chi connectivity index (χ1) is 5.65. The molecule has 66 valence electrons. The van der Waals surface area contributed by atoms with Gasteiger partial charge in [-0.25, -0.2) is 0 Å². The number of rotatable bonds is 3. The molecular formula is C8H11NO3. The average molecular weight is 169 g/mol. The summed E-state index contributed by atoms with van der Waals surface area (Å²) in [4.78, 5) is 10.4. The summed E-state index contributed by atoms with van der Waals surface area (Å²) in [5, 5.41) is 8.56. The molecule has 0 aliphatic heterocycles. The summed E-state index contributed by atoms with van der Waals surface area (Å²) in [6.45, 7) is 0. The summed E-state index contributed by atoms with van der Waals surface area (Å²) in [6.07, 6.45) is 1.77. The molecule has 0 spiro atoms. The molecule has 0 saturated carbocycles. The Balaban J connectivity index is 2.94. The van der Waals surface area contributed by atoms with Gasteiger partial charge in [0, 0.05) is 13.2 Å². The minimum absolute atomic E-state index is 0.00727. The van der Waals surface area contributed by atoms with Crippen LogP contribution in [-0.2, 0) is 18.3 Å². The van der Waals surface area contributed by atoms with Crippen LogP contribution in [0.4, 0.5) is 0 Å². The third-order valence-corrected chi connectivity index (χ3v) is 1.70. The smallest absolute Gasteiger partial charge is 0.309 e. The number of nitrogens with zero attached hydrogens (tertiary/aromatic N) is 1. The van der Waals surface area contributed by atoms with Crippen LogP contribution in [0.15, 0.2) is 12.3 Å². The van der Waals surface area contributed by atoms with E-state index in [0.717, 1.165) is 0 Å². The maximum Gasteiger partial charge on any atom is 0.309 e. The van der Waals surface area contributed by atoms with Crippen molar-refractivity contribution in [1.29, 1.82) is 0 Å².